The molecule has 0 bridgehead atoms. The van der Waals surface area contributed by atoms with E-state index >= 15 is 0 Å². The Hall–Kier alpha value is -6.72. The van der Waals surface area contributed by atoms with E-state index in [-0.39, 0.29) is 6.04 Å². The molecular weight excluding hydrogens is 647 g/mol. The van der Waals surface area contributed by atoms with Gasteiger partial charge in [0.05, 0.1) is 44.8 Å². The smallest absolute Gasteiger partial charge is 0.138 e. The topological polar surface area (TPSA) is 40.0 Å². The molecular formula is C48H35N5. The average Bonchev–Trinajstić information content (AvgIpc) is 3.86. The number of hydrogen-bond acceptors (Lipinski definition) is 2. The molecule has 5 heteroatoms. The summed E-state index contributed by atoms with van der Waals surface area (Å²) in [5.41, 5.74) is 12.6. The van der Waals surface area contributed by atoms with Gasteiger partial charge in [0.25, 0.3) is 0 Å². The minimum atomic E-state index is 0.218. The van der Waals surface area contributed by atoms with Crippen LogP contribution in [-0.4, -0.2) is 24.4 Å². The van der Waals surface area contributed by atoms with Gasteiger partial charge in [0.2, 0.25) is 0 Å². The van der Waals surface area contributed by atoms with Crippen LogP contribution in [0.5, 0.6) is 0 Å². The van der Waals surface area contributed by atoms with E-state index in [1.54, 1.807) is 0 Å². The first-order valence-electron chi connectivity index (χ1n) is 18.5. The fourth-order valence-electron chi connectivity index (χ4n) is 8.70. The Bertz CT molecular complexity index is 3020. The van der Waals surface area contributed by atoms with E-state index in [0.717, 1.165) is 64.3 Å². The molecule has 0 radical (unpaired) electrons. The zero-order valence-corrected chi connectivity index (χ0v) is 29.1. The zero-order valence-electron chi connectivity index (χ0n) is 29.1. The second kappa shape index (κ2) is 11.9. The van der Waals surface area contributed by atoms with Crippen LogP contribution in [0.3, 0.4) is 0 Å². The van der Waals surface area contributed by atoms with Crippen molar-refractivity contribution in [2.75, 3.05) is 0 Å². The molecule has 252 valence electrons. The molecule has 0 saturated carbocycles. The van der Waals surface area contributed by atoms with Gasteiger partial charge in [-0.1, -0.05) is 115 Å². The normalized spacial score (nSPS) is 15.8. The molecule has 5 aromatic carbocycles. The fraction of sp³-hybridized carbons (Fsp3) is 0.0833. The SMILES string of the molecule is C1=CCC(n2c3ccccc3c3c2c2cc4c5ccccc5n(-c5cc(C6=NC=CCC6)cc(-c6ccccc6)n5)c4cc2n3-c2ccccc2)C=C1. The molecule has 0 amide bonds. The van der Waals surface area contributed by atoms with Crippen LogP contribution in [0.2, 0.25) is 0 Å². The van der Waals surface area contributed by atoms with Crippen LogP contribution in [0.15, 0.2) is 175 Å². The first-order valence-corrected chi connectivity index (χ1v) is 18.5. The van der Waals surface area contributed by atoms with Crippen molar-refractivity contribution in [3.05, 3.63) is 176 Å². The summed E-state index contributed by atoms with van der Waals surface area (Å²) < 4.78 is 7.43. The second-order valence-electron chi connectivity index (χ2n) is 14.1. The average molecular weight is 682 g/mol. The highest BCUT2D eigenvalue weighted by Crippen LogP contribution is 2.45. The summed E-state index contributed by atoms with van der Waals surface area (Å²) in [4.78, 5) is 10.3. The Morgan fingerprint density at radius 2 is 1.30 bits per heavy atom. The number of fused-ring (bicyclic) bond motifs is 8. The Morgan fingerprint density at radius 1 is 0.547 bits per heavy atom. The monoisotopic (exact) mass is 681 g/mol. The number of rotatable bonds is 5. The van der Waals surface area contributed by atoms with Gasteiger partial charge in [0.15, 0.2) is 0 Å². The van der Waals surface area contributed by atoms with Crippen molar-refractivity contribution >= 4 is 60.4 Å². The van der Waals surface area contributed by atoms with Crippen molar-refractivity contribution in [1.82, 2.24) is 18.7 Å². The van der Waals surface area contributed by atoms with E-state index in [0.29, 0.717) is 0 Å². The molecule has 53 heavy (non-hydrogen) atoms. The van der Waals surface area contributed by atoms with Gasteiger partial charge in [0.1, 0.15) is 5.82 Å². The summed E-state index contributed by atoms with van der Waals surface area (Å²) in [6.45, 7) is 0. The van der Waals surface area contributed by atoms with E-state index < -0.39 is 0 Å². The third-order valence-corrected chi connectivity index (χ3v) is 11.0. The van der Waals surface area contributed by atoms with Gasteiger partial charge in [0, 0.05) is 50.3 Å². The van der Waals surface area contributed by atoms with Gasteiger partial charge in [-0.2, -0.15) is 0 Å². The predicted octanol–water partition coefficient (Wildman–Crippen LogP) is 12.1. The highest BCUT2D eigenvalue weighted by Gasteiger charge is 2.26. The maximum atomic E-state index is 5.42. The Balaban J connectivity index is 1.28. The highest BCUT2D eigenvalue weighted by molar-refractivity contribution is 6.23. The summed E-state index contributed by atoms with van der Waals surface area (Å²) in [6.07, 6.45) is 15.9. The van der Waals surface area contributed by atoms with Gasteiger partial charge in [-0.15, -0.1) is 0 Å². The molecule has 0 N–H and O–H groups in total. The van der Waals surface area contributed by atoms with Crippen LogP contribution in [0.25, 0.3) is 77.4 Å². The van der Waals surface area contributed by atoms with Gasteiger partial charge >= 0.3 is 0 Å². The molecule has 2 aliphatic rings. The Kier molecular flexibility index (Phi) is 6.74. The van der Waals surface area contributed by atoms with Crippen molar-refractivity contribution in [2.24, 2.45) is 4.99 Å². The minimum absolute atomic E-state index is 0.218. The molecule has 0 fully saturated rings. The van der Waals surface area contributed by atoms with Crippen molar-refractivity contribution in [3.63, 3.8) is 0 Å². The van der Waals surface area contributed by atoms with E-state index in [1.165, 1.54) is 43.6 Å². The maximum absolute atomic E-state index is 5.42. The molecule has 11 rings (SSSR count). The van der Waals surface area contributed by atoms with Crippen molar-refractivity contribution in [3.8, 4) is 22.8 Å². The Labute approximate surface area is 306 Å². The summed E-state index contributed by atoms with van der Waals surface area (Å²) >= 11 is 0. The zero-order chi connectivity index (χ0) is 34.9. The lowest BCUT2D eigenvalue weighted by atomic mass is 10.0. The van der Waals surface area contributed by atoms with Gasteiger partial charge < -0.3 is 9.13 Å². The molecule has 1 atom stereocenters. The van der Waals surface area contributed by atoms with Crippen LogP contribution >= 0.6 is 0 Å². The van der Waals surface area contributed by atoms with Crippen molar-refractivity contribution in [2.45, 2.75) is 25.3 Å². The highest BCUT2D eigenvalue weighted by atomic mass is 15.1. The van der Waals surface area contributed by atoms with Crippen LogP contribution in [0.4, 0.5) is 0 Å². The largest absolute Gasteiger partial charge is 0.331 e. The van der Waals surface area contributed by atoms with Gasteiger partial charge in [-0.25, -0.2) is 4.98 Å². The van der Waals surface area contributed by atoms with E-state index in [4.69, 9.17) is 9.98 Å². The molecule has 0 spiro atoms. The van der Waals surface area contributed by atoms with E-state index in [2.05, 4.69) is 178 Å². The van der Waals surface area contributed by atoms with Crippen molar-refractivity contribution in [1.29, 1.82) is 0 Å². The lowest BCUT2D eigenvalue weighted by Crippen LogP contribution is -2.07. The predicted molar refractivity (Wildman–Crippen MR) is 221 cm³/mol. The summed E-state index contributed by atoms with van der Waals surface area (Å²) in [6, 6.07) is 48.5. The number of para-hydroxylation sites is 3. The lowest BCUT2D eigenvalue weighted by molar-refractivity contribution is 0.649. The van der Waals surface area contributed by atoms with Gasteiger partial charge in [-0.05, 0) is 67.8 Å². The molecule has 5 nitrogen and oxygen atoms in total. The van der Waals surface area contributed by atoms with Gasteiger partial charge in [-0.3, -0.25) is 9.56 Å². The van der Waals surface area contributed by atoms with Crippen LogP contribution in [0, 0.1) is 0 Å². The summed E-state index contributed by atoms with van der Waals surface area (Å²) in [5, 5.41) is 4.92. The third-order valence-electron chi connectivity index (χ3n) is 11.0. The first-order chi connectivity index (χ1) is 26.3. The quantitative estimate of drug-likeness (QED) is 0.178. The number of aromatic nitrogens is 4. The number of aliphatic imine (C=N–C) groups is 1. The first kappa shape index (κ1) is 30.0. The minimum Gasteiger partial charge on any atom is -0.331 e. The van der Waals surface area contributed by atoms with Crippen LogP contribution in [0.1, 0.15) is 30.9 Å². The van der Waals surface area contributed by atoms with Crippen LogP contribution < -0.4 is 0 Å². The number of benzene rings is 5. The number of allylic oxidation sites excluding steroid dienone is 5. The van der Waals surface area contributed by atoms with Crippen LogP contribution in [-0.2, 0) is 0 Å². The molecule has 0 saturated heterocycles. The molecule has 1 unspecified atom stereocenters. The van der Waals surface area contributed by atoms with E-state index in [9.17, 15) is 0 Å². The third kappa shape index (κ3) is 4.63. The van der Waals surface area contributed by atoms with E-state index in [1.807, 2.05) is 6.20 Å². The second-order valence-corrected chi connectivity index (χ2v) is 14.1. The Morgan fingerprint density at radius 3 is 2.09 bits per heavy atom. The fourth-order valence-corrected chi connectivity index (χ4v) is 8.70. The lowest BCUT2D eigenvalue weighted by Gasteiger charge is -2.18. The molecule has 5 heterocycles. The maximum Gasteiger partial charge on any atom is 0.138 e. The number of hydrogen-bond donors (Lipinski definition) is 0. The molecule has 9 aromatic rings. The molecule has 1 aliphatic heterocycles. The standard InChI is InChI=1S/C48H35N5/c1-4-16-32(17-5-1)41-28-33(40-24-14-15-27-49-40)29-46(50-41)53-42-25-12-10-22-36(42)38-30-39-45(31-44(38)53)52(35-20-8-3-9-21-35)47-37-23-11-13-26-43(37)51(48(39)47)34-18-6-2-7-19-34/h1-13,15-18,20-23,25-31,34H,14,19,24H2. The number of pyridine rings is 1. The molecule has 1 aliphatic carbocycles. The van der Waals surface area contributed by atoms with Crippen molar-refractivity contribution < 1.29 is 0 Å². The number of nitrogens with zero attached hydrogens (tertiary/aromatic N) is 5. The molecule has 4 aromatic heterocycles. The summed E-state index contributed by atoms with van der Waals surface area (Å²) in [5.74, 6) is 0.889. The summed E-state index contributed by atoms with van der Waals surface area (Å²) in [7, 11) is 0.